The molecule has 26 heavy (non-hydrogen) atoms. The lowest BCUT2D eigenvalue weighted by Crippen LogP contribution is -2.40. The molecule has 2 heterocycles. The van der Waals surface area contributed by atoms with Crippen LogP contribution in [0, 0.1) is 20.8 Å². The molecule has 1 atom stereocenters. The fraction of sp³-hybridized carbons (Fsp3) is 0.444. The largest absolute Gasteiger partial charge is 0.496 e. The molecule has 140 valence electrons. The first-order valence-electron chi connectivity index (χ1n) is 8.41. The molecule has 1 fully saturated rings. The standard InChI is InChI=1S/C18H22N2O5S/c1-11-10-14(7-8-16(11)24-4)17(21)15-6-5-9-20(15)26(22,23)18-12(2)19-25-13(18)3/h7-8,10,15H,5-6,9H2,1-4H3. The highest BCUT2D eigenvalue weighted by Gasteiger charge is 2.42. The molecule has 2 aromatic rings. The molecule has 7 nitrogen and oxygen atoms in total. The lowest BCUT2D eigenvalue weighted by Gasteiger charge is -2.23. The summed E-state index contributed by atoms with van der Waals surface area (Å²) in [6.07, 6.45) is 1.13. The molecule has 8 heteroatoms. The molecule has 0 aliphatic carbocycles. The summed E-state index contributed by atoms with van der Waals surface area (Å²) in [4.78, 5) is 13.1. The number of ether oxygens (including phenoxy) is 1. The van der Waals surface area contributed by atoms with Gasteiger partial charge < -0.3 is 9.26 Å². The Morgan fingerprint density at radius 1 is 1.31 bits per heavy atom. The van der Waals surface area contributed by atoms with E-state index in [9.17, 15) is 13.2 Å². The van der Waals surface area contributed by atoms with Crippen LogP contribution in [0.2, 0.25) is 0 Å². The zero-order chi connectivity index (χ0) is 19.1. The number of ketones is 1. The summed E-state index contributed by atoms with van der Waals surface area (Å²) in [5.74, 6) is 0.720. The van der Waals surface area contributed by atoms with Crippen LogP contribution in [-0.4, -0.2) is 43.4 Å². The van der Waals surface area contributed by atoms with E-state index in [2.05, 4.69) is 5.16 Å². The number of benzene rings is 1. The van der Waals surface area contributed by atoms with Crippen LogP contribution in [0.25, 0.3) is 0 Å². The van der Waals surface area contributed by atoms with Crippen LogP contribution in [0.3, 0.4) is 0 Å². The van der Waals surface area contributed by atoms with E-state index < -0.39 is 16.1 Å². The number of Topliss-reactive ketones (excluding diaryl/α,β-unsaturated/α-hetero) is 1. The van der Waals surface area contributed by atoms with Crippen molar-refractivity contribution in [2.24, 2.45) is 0 Å². The number of methoxy groups -OCH3 is 1. The summed E-state index contributed by atoms with van der Waals surface area (Å²) in [6.45, 7) is 5.30. The zero-order valence-electron chi connectivity index (χ0n) is 15.3. The van der Waals surface area contributed by atoms with Gasteiger partial charge in [-0.25, -0.2) is 8.42 Å². The van der Waals surface area contributed by atoms with Gasteiger partial charge in [0.1, 0.15) is 16.3 Å². The molecular weight excluding hydrogens is 356 g/mol. The number of carbonyl (C=O) groups excluding carboxylic acids is 1. The molecule has 1 aromatic heterocycles. The van der Waals surface area contributed by atoms with E-state index in [-0.39, 0.29) is 16.4 Å². The normalized spacial score (nSPS) is 18.2. The number of hydrogen-bond donors (Lipinski definition) is 0. The van der Waals surface area contributed by atoms with Crippen LogP contribution in [0.5, 0.6) is 5.75 Å². The van der Waals surface area contributed by atoms with Gasteiger partial charge in [-0.15, -0.1) is 0 Å². The minimum Gasteiger partial charge on any atom is -0.496 e. The lowest BCUT2D eigenvalue weighted by atomic mass is 10.0. The first-order chi connectivity index (χ1) is 12.3. The van der Waals surface area contributed by atoms with Gasteiger partial charge in [0, 0.05) is 12.1 Å². The van der Waals surface area contributed by atoms with E-state index in [1.54, 1.807) is 39.2 Å². The maximum Gasteiger partial charge on any atom is 0.249 e. The molecule has 1 aliphatic heterocycles. The van der Waals surface area contributed by atoms with Crippen LogP contribution in [0.1, 0.15) is 40.2 Å². The predicted molar refractivity (Wildman–Crippen MR) is 95.0 cm³/mol. The number of hydrogen-bond acceptors (Lipinski definition) is 6. The molecule has 1 aromatic carbocycles. The molecule has 0 spiro atoms. The fourth-order valence-electron chi connectivity index (χ4n) is 3.47. The van der Waals surface area contributed by atoms with Gasteiger partial charge >= 0.3 is 0 Å². The summed E-state index contributed by atoms with van der Waals surface area (Å²) >= 11 is 0. The van der Waals surface area contributed by atoms with Gasteiger partial charge in [-0.1, -0.05) is 5.16 Å². The van der Waals surface area contributed by atoms with Crippen molar-refractivity contribution < 1.29 is 22.5 Å². The average molecular weight is 378 g/mol. The fourth-order valence-corrected chi connectivity index (χ4v) is 5.43. The predicted octanol–water partition coefficient (Wildman–Crippen LogP) is 2.64. The van der Waals surface area contributed by atoms with Gasteiger partial charge in [0.15, 0.2) is 11.5 Å². The first kappa shape index (κ1) is 18.6. The third-order valence-electron chi connectivity index (χ3n) is 4.72. The van der Waals surface area contributed by atoms with Crippen molar-refractivity contribution in [2.75, 3.05) is 13.7 Å². The van der Waals surface area contributed by atoms with Crippen molar-refractivity contribution in [1.82, 2.24) is 9.46 Å². The topological polar surface area (TPSA) is 89.7 Å². The summed E-state index contributed by atoms with van der Waals surface area (Å²) in [5, 5.41) is 3.73. The highest BCUT2D eigenvalue weighted by Crippen LogP contribution is 2.31. The maximum absolute atomic E-state index is 13.1. The van der Waals surface area contributed by atoms with Gasteiger partial charge in [0.05, 0.1) is 13.2 Å². The number of aryl methyl sites for hydroxylation is 3. The Kier molecular flexibility index (Phi) is 4.90. The monoisotopic (exact) mass is 378 g/mol. The Balaban J connectivity index is 1.95. The van der Waals surface area contributed by atoms with Gasteiger partial charge in [-0.05, 0) is 57.4 Å². The van der Waals surface area contributed by atoms with Crippen molar-refractivity contribution in [2.45, 2.75) is 44.6 Å². The Bertz CT molecular complexity index is 929. The Morgan fingerprint density at radius 3 is 2.62 bits per heavy atom. The van der Waals surface area contributed by atoms with E-state index in [4.69, 9.17) is 9.26 Å². The second kappa shape index (κ2) is 6.85. The molecule has 0 bridgehead atoms. The molecule has 0 amide bonds. The van der Waals surface area contributed by atoms with Crippen LogP contribution >= 0.6 is 0 Å². The van der Waals surface area contributed by atoms with Crippen molar-refractivity contribution in [3.05, 3.63) is 40.8 Å². The summed E-state index contributed by atoms with van der Waals surface area (Å²) in [5.41, 5.74) is 1.62. The van der Waals surface area contributed by atoms with Crippen molar-refractivity contribution in [3.8, 4) is 5.75 Å². The smallest absolute Gasteiger partial charge is 0.249 e. The SMILES string of the molecule is COc1ccc(C(=O)C2CCCN2S(=O)(=O)c2c(C)noc2C)cc1C. The Hall–Kier alpha value is -2.19. The summed E-state index contributed by atoms with van der Waals surface area (Å²) in [7, 11) is -2.28. The lowest BCUT2D eigenvalue weighted by molar-refractivity contribution is 0.0918. The van der Waals surface area contributed by atoms with Gasteiger partial charge in [-0.2, -0.15) is 4.31 Å². The summed E-state index contributed by atoms with van der Waals surface area (Å²) in [6, 6.07) is 4.42. The highest BCUT2D eigenvalue weighted by atomic mass is 32.2. The molecular formula is C18H22N2O5S. The number of carbonyl (C=O) groups is 1. The van der Waals surface area contributed by atoms with E-state index >= 15 is 0 Å². The van der Waals surface area contributed by atoms with E-state index in [0.717, 1.165) is 5.56 Å². The first-order valence-corrected chi connectivity index (χ1v) is 9.85. The van der Waals surface area contributed by atoms with E-state index in [0.29, 0.717) is 36.4 Å². The maximum atomic E-state index is 13.1. The second-order valence-corrected chi connectivity index (χ2v) is 8.30. The van der Waals surface area contributed by atoms with Crippen LogP contribution in [-0.2, 0) is 10.0 Å². The van der Waals surface area contributed by atoms with Crippen LogP contribution in [0.4, 0.5) is 0 Å². The molecule has 0 saturated carbocycles. The van der Waals surface area contributed by atoms with Gasteiger partial charge in [0.25, 0.3) is 0 Å². The summed E-state index contributed by atoms with van der Waals surface area (Å²) < 4.78 is 37.7. The third-order valence-corrected chi connectivity index (χ3v) is 6.87. The third kappa shape index (κ3) is 3.03. The number of nitrogens with zero attached hydrogens (tertiary/aromatic N) is 2. The van der Waals surface area contributed by atoms with E-state index in [1.807, 2.05) is 6.92 Å². The number of rotatable bonds is 5. The Morgan fingerprint density at radius 2 is 2.04 bits per heavy atom. The average Bonchev–Trinajstić information content (AvgIpc) is 3.21. The minimum absolute atomic E-state index is 0.0584. The minimum atomic E-state index is -3.85. The van der Waals surface area contributed by atoms with Crippen molar-refractivity contribution >= 4 is 15.8 Å². The number of aromatic nitrogens is 1. The van der Waals surface area contributed by atoms with E-state index in [1.165, 1.54) is 4.31 Å². The van der Waals surface area contributed by atoms with Crippen molar-refractivity contribution in [3.63, 3.8) is 0 Å². The Labute approximate surface area is 153 Å². The quantitative estimate of drug-likeness (QED) is 0.743. The van der Waals surface area contributed by atoms with Gasteiger partial charge in [0.2, 0.25) is 10.0 Å². The molecule has 3 rings (SSSR count). The molecule has 1 unspecified atom stereocenters. The molecule has 1 aliphatic rings. The second-order valence-electron chi connectivity index (χ2n) is 6.48. The van der Waals surface area contributed by atoms with Gasteiger partial charge in [-0.3, -0.25) is 4.79 Å². The molecule has 0 N–H and O–H groups in total. The number of sulfonamides is 1. The zero-order valence-corrected chi connectivity index (χ0v) is 16.1. The highest BCUT2D eigenvalue weighted by molar-refractivity contribution is 7.89. The molecule has 1 saturated heterocycles. The van der Waals surface area contributed by atoms with Crippen LogP contribution in [0.15, 0.2) is 27.6 Å². The van der Waals surface area contributed by atoms with Crippen LogP contribution < -0.4 is 4.74 Å². The van der Waals surface area contributed by atoms with Crippen molar-refractivity contribution in [1.29, 1.82) is 0 Å². The molecule has 0 radical (unpaired) electrons.